The van der Waals surface area contributed by atoms with Crippen LogP contribution in [0.15, 0.2) is 29.9 Å². The summed E-state index contributed by atoms with van der Waals surface area (Å²) in [6.07, 6.45) is 2.59. The summed E-state index contributed by atoms with van der Waals surface area (Å²) in [5.74, 6) is 0. The van der Waals surface area contributed by atoms with E-state index in [-0.39, 0.29) is 0 Å². The Labute approximate surface area is 86.9 Å². The van der Waals surface area contributed by atoms with Gasteiger partial charge in [-0.3, -0.25) is 4.79 Å². The fraction of sp³-hybridized carbons (Fsp3) is 0. The Morgan fingerprint density at radius 3 is 2.93 bits per heavy atom. The predicted molar refractivity (Wildman–Crippen MR) is 57.8 cm³/mol. The van der Waals surface area contributed by atoms with Gasteiger partial charge in [0.15, 0.2) is 0 Å². The molecule has 0 fully saturated rings. The van der Waals surface area contributed by atoms with Gasteiger partial charge in [-0.2, -0.15) is 0 Å². The van der Waals surface area contributed by atoms with Gasteiger partial charge < -0.3 is 5.32 Å². The first-order valence-electron chi connectivity index (χ1n) is 4.13. The maximum absolute atomic E-state index is 10.6. The van der Waals surface area contributed by atoms with Crippen LogP contribution in [0.2, 0.25) is 0 Å². The van der Waals surface area contributed by atoms with E-state index in [1.54, 1.807) is 18.2 Å². The van der Waals surface area contributed by atoms with E-state index in [1.807, 2.05) is 6.07 Å². The molecule has 14 heavy (non-hydrogen) atoms. The number of aldehydes is 1. The third-order valence-electron chi connectivity index (χ3n) is 2.09. The van der Waals surface area contributed by atoms with E-state index in [9.17, 15) is 4.79 Å². The maximum atomic E-state index is 10.6. The summed E-state index contributed by atoms with van der Waals surface area (Å²) in [4.78, 5) is 10.6. The Morgan fingerprint density at radius 2 is 2.21 bits per heavy atom. The van der Waals surface area contributed by atoms with Crippen LogP contribution in [-0.4, -0.2) is 6.29 Å². The highest BCUT2D eigenvalue weighted by Crippen LogP contribution is 2.26. The van der Waals surface area contributed by atoms with E-state index in [0.717, 1.165) is 23.1 Å². The van der Waals surface area contributed by atoms with E-state index >= 15 is 0 Å². The minimum atomic E-state index is 0.519. The number of hydrogen-bond acceptors (Lipinski definition) is 2. The van der Waals surface area contributed by atoms with Crippen molar-refractivity contribution in [2.45, 2.75) is 0 Å². The topological polar surface area (TPSA) is 29.1 Å². The van der Waals surface area contributed by atoms with Crippen LogP contribution in [0, 0.1) is 0 Å². The number of rotatable bonds is 1. The van der Waals surface area contributed by atoms with E-state index in [2.05, 4.69) is 11.9 Å². The molecule has 0 radical (unpaired) electrons. The Bertz CT molecular complexity index is 449. The summed E-state index contributed by atoms with van der Waals surface area (Å²) in [5, 5.41) is 3.44. The van der Waals surface area contributed by atoms with Gasteiger partial charge in [0.2, 0.25) is 0 Å². The van der Waals surface area contributed by atoms with Gasteiger partial charge in [-0.05, 0) is 17.7 Å². The van der Waals surface area contributed by atoms with Gasteiger partial charge in [0.1, 0.15) is 11.4 Å². The largest absolute Gasteiger partial charge is 0.346 e. The second-order valence-corrected chi connectivity index (χ2v) is 3.47. The van der Waals surface area contributed by atoms with Crippen molar-refractivity contribution >= 4 is 29.7 Å². The molecule has 1 N–H and O–H groups in total. The van der Waals surface area contributed by atoms with Crippen LogP contribution in [0.5, 0.6) is 0 Å². The van der Waals surface area contributed by atoms with Crippen LogP contribution in [0.4, 0.5) is 0 Å². The lowest BCUT2D eigenvalue weighted by atomic mass is 10.0. The van der Waals surface area contributed by atoms with Gasteiger partial charge in [-0.25, -0.2) is 0 Å². The van der Waals surface area contributed by atoms with Crippen molar-refractivity contribution in [1.82, 2.24) is 5.32 Å². The molecule has 0 atom stereocenters. The van der Waals surface area contributed by atoms with Gasteiger partial charge in [-0.15, -0.1) is 0 Å². The number of nitrogens with one attached hydrogen (secondary N) is 1. The number of hydrogen-bond donors (Lipinski definition) is 1. The smallest absolute Gasteiger partial charge is 0.150 e. The third-order valence-corrected chi connectivity index (χ3v) is 2.29. The molecule has 0 saturated heterocycles. The summed E-state index contributed by atoms with van der Waals surface area (Å²) >= 11 is 5.84. The summed E-state index contributed by atoms with van der Waals surface area (Å²) in [6.45, 7) is 3.84. The minimum absolute atomic E-state index is 0.519. The molecule has 1 aromatic carbocycles. The number of benzene rings is 1. The second-order valence-electron chi connectivity index (χ2n) is 3.06. The Hall–Kier alpha value is -1.54. The van der Waals surface area contributed by atoms with Crippen molar-refractivity contribution in [2.75, 3.05) is 0 Å². The van der Waals surface area contributed by atoms with Gasteiger partial charge >= 0.3 is 0 Å². The molecule has 1 aromatic rings. The lowest BCUT2D eigenvalue weighted by molar-refractivity contribution is 0.112. The second kappa shape index (κ2) is 3.31. The number of halogens is 1. The molecule has 3 heteroatoms. The van der Waals surface area contributed by atoms with E-state index < -0.39 is 0 Å². The Morgan fingerprint density at radius 1 is 1.43 bits per heavy atom. The van der Waals surface area contributed by atoms with Crippen LogP contribution in [0.25, 0.3) is 11.8 Å². The zero-order chi connectivity index (χ0) is 10.1. The number of carbonyl (C=O) groups excluding carboxylic acids is 1. The van der Waals surface area contributed by atoms with Crippen molar-refractivity contribution in [1.29, 1.82) is 0 Å². The van der Waals surface area contributed by atoms with Crippen molar-refractivity contribution in [2.24, 2.45) is 0 Å². The highest BCUT2D eigenvalue weighted by Gasteiger charge is 2.11. The molecule has 0 unspecified atom stereocenters. The molecule has 0 spiro atoms. The van der Waals surface area contributed by atoms with Crippen LogP contribution in [0.1, 0.15) is 21.5 Å². The number of fused-ring (bicyclic) bond motifs is 1. The summed E-state index contributed by atoms with van der Waals surface area (Å²) in [6, 6.07) is 5.40. The van der Waals surface area contributed by atoms with E-state index in [0.29, 0.717) is 10.7 Å². The highest BCUT2D eigenvalue weighted by molar-refractivity contribution is 6.32. The first kappa shape index (κ1) is 9.03. The quantitative estimate of drug-likeness (QED) is 0.564. The van der Waals surface area contributed by atoms with Gasteiger partial charge in [0.05, 0.1) is 0 Å². The molecular formula is C11H8ClNO. The normalized spacial score (nSPS) is 14.1. The van der Waals surface area contributed by atoms with Crippen LogP contribution in [-0.2, 0) is 0 Å². The Kier molecular flexibility index (Phi) is 2.14. The molecule has 0 aromatic heterocycles. The van der Waals surface area contributed by atoms with Crippen LogP contribution < -0.4 is 5.32 Å². The average Bonchev–Trinajstić information content (AvgIpc) is 2.16. The van der Waals surface area contributed by atoms with E-state index in [1.165, 1.54) is 0 Å². The average molecular weight is 206 g/mol. The zero-order valence-corrected chi connectivity index (χ0v) is 8.14. The molecule has 1 aliphatic rings. The molecule has 2 rings (SSSR count). The molecule has 0 aliphatic carbocycles. The predicted octanol–water partition coefficient (Wildman–Crippen LogP) is 2.61. The van der Waals surface area contributed by atoms with Crippen molar-refractivity contribution in [3.05, 3.63) is 46.6 Å². The summed E-state index contributed by atoms with van der Waals surface area (Å²) in [7, 11) is 0. The first-order valence-corrected chi connectivity index (χ1v) is 4.51. The van der Waals surface area contributed by atoms with Crippen molar-refractivity contribution in [3.8, 4) is 0 Å². The third kappa shape index (κ3) is 1.44. The lowest BCUT2D eigenvalue weighted by Gasteiger charge is -2.17. The van der Waals surface area contributed by atoms with Crippen LogP contribution >= 0.6 is 11.6 Å². The molecule has 1 heterocycles. The van der Waals surface area contributed by atoms with Crippen molar-refractivity contribution in [3.63, 3.8) is 0 Å². The van der Waals surface area contributed by atoms with Gasteiger partial charge in [-0.1, -0.05) is 30.3 Å². The molecule has 0 bridgehead atoms. The molecule has 0 saturated carbocycles. The minimum Gasteiger partial charge on any atom is -0.346 e. The molecule has 70 valence electrons. The van der Waals surface area contributed by atoms with E-state index in [4.69, 9.17) is 11.6 Å². The number of carbonyl (C=O) groups is 1. The summed E-state index contributed by atoms with van der Waals surface area (Å²) < 4.78 is 0. The monoisotopic (exact) mass is 205 g/mol. The molecular weight excluding hydrogens is 198 g/mol. The van der Waals surface area contributed by atoms with Crippen LogP contribution in [0.3, 0.4) is 0 Å². The first-order chi connectivity index (χ1) is 6.70. The fourth-order valence-electron chi connectivity index (χ4n) is 1.43. The van der Waals surface area contributed by atoms with Gasteiger partial charge in [0.25, 0.3) is 0 Å². The fourth-order valence-corrected chi connectivity index (χ4v) is 1.66. The standard InChI is InChI=1S/C11H8ClNO/c1-7-10-3-2-8(6-14)4-9(10)5-11(12)13-7/h2-6,13H,1H2. The highest BCUT2D eigenvalue weighted by atomic mass is 35.5. The molecule has 0 amide bonds. The maximum Gasteiger partial charge on any atom is 0.150 e. The summed E-state index contributed by atoms with van der Waals surface area (Å²) in [5.41, 5.74) is 3.28. The SMILES string of the molecule is C=C1NC(Cl)=Cc2cc(C=O)ccc21. The van der Waals surface area contributed by atoms with Gasteiger partial charge in [0, 0.05) is 16.8 Å². The molecule has 2 nitrogen and oxygen atoms in total. The lowest BCUT2D eigenvalue weighted by Crippen LogP contribution is -2.12. The molecule has 1 aliphatic heterocycles. The zero-order valence-electron chi connectivity index (χ0n) is 7.38. The van der Waals surface area contributed by atoms with Crippen molar-refractivity contribution < 1.29 is 4.79 Å². The Balaban J connectivity index is 2.61.